The number of hydrogen-bond acceptors (Lipinski definition) is 6. The molecule has 2 aliphatic rings. The van der Waals surface area contributed by atoms with Crippen LogP contribution in [0.4, 0.5) is 0 Å². The Balaban J connectivity index is 1.60. The minimum atomic E-state index is -0.785. The molecule has 0 aromatic heterocycles. The van der Waals surface area contributed by atoms with Crippen molar-refractivity contribution in [2.75, 3.05) is 20.3 Å². The van der Waals surface area contributed by atoms with Crippen LogP contribution in [0.5, 0.6) is 17.2 Å². The normalized spacial score (nSPS) is 19.8. The molecule has 7 nitrogen and oxygen atoms in total. The molecule has 3 aromatic rings. The van der Waals surface area contributed by atoms with Crippen LogP contribution in [0.2, 0.25) is 0 Å². The Morgan fingerprint density at radius 3 is 2.58 bits per heavy atom. The van der Waals surface area contributed by atoms with Crippen LogP contribution in [0.25, 0.3) is 5.76 Å². The van der Waals surface area contributed by atoms with Gasteiger partial charge in [0, 0.05) is 18.5 Å². The van der Waals surface area contributed by atoms with Gasteiger partial charge in [-0.2, -0.15) is 0 Å². The van der Waals surface area contributed by atoms with E-state index in [1.165, 1.54) is 4.90 Å². The zero-order valence-corrected chi connectivity index (χ0v) is 21.8. The lowest BCUT2D eigenvalue weighted by molar-refractivity contribution is -0.139. The average Bonchev–Trinajstić information content (AvgIpc) is 3.43. The highest BCUT2D eigenvalue weighted by molar-refractivity contribution is 6.46. The van der Waals surface area contributed by atoms with Crippen molar-refractivity contribution in [1.82, 2.24) is 4.90 Å². The molecule has 0 radical (unpaired) electrons. The van der Waals surface area contributed by atoms with E-state index in [9.17, 15) is 14.7 Å². The van der Waals surface area contributed by atoms with E-state index in [-0.39, 0.29) is 17.4 Å². The van der Waals surface area contributed by atoms with Crippen molar-refractivity contribution in [3.05, 3.63) is 94.6 Å². The number of hydrogen-bond donors (Lipinski definition) is 1. The summed E-state index contributed by atoms with van der Waals surface area (Å²) in [6.45, 7) is 4.64. The second kappa shape index (κ2) is 10.6. The fraction of sp³-hybridized carbons (Fsp3) is 0.290. The van der Waals surface area contributed by atoms with Crippen molar-refractivity contribution in [3.63, 3.8) is 0 Å². The third-order valence-electron chi connectivity index (χ3n) is 7.00. The number of likely N-dealkylation sites (tertiary alicyclic amines) is 1. The van der Waals surface area contributed by atoms with Gasteiger partial charge in [-0.05, 0) is 67.3 Å². The van der Waals surface area contributed by atoms with Crippen molar-refractivity contribution in [2.45, 2.75) is 38.8 Å². The predicted octanol–water partition coefficient (Wildman–Crippen LogP) is 5.08. The molecule has 1 saturated heterocycles. The molecule has 0 aliphatic carbocycles. The monoisotopic (exact) mass is 513 g/mol. The number of methoxy groups -OCH3 is 1. The molecule has 1 N–H and O–H groups in total. The van der Waals surface area contributed by atoms with E-state index in [1.807, 2.05) is 56.3 Å². The van der Waals surface area contributed by atoms with E-state index in [0.717, 1.165) is 16.9 Å². The van der Waals surface area contributed by atoms with Gasteiger partial charge in [-0.15, -0.1) is 0 Å². The number of fused-ring (bicyclic) bond motifs is 1. The largest absolute Gasteiger partial charge is 0.507 e. The van der Waals surface area contributed by atoms with E-state index in [2.05, 4.69) is 0 Å². The summed E-state index contributed by atoms with van der Waals surface area (Å²) in [6.07, 6.45) is 1.32. The van der Waals surface area contributed by atoms with Crippen molar-refractivity contribution < 1.29 is 28.9 Å². The van der Waals surface area contributed by atoms with Gasteiger partial charge in [0.2, 0.25) is 0 Å². The van der Waals surface area contributed by atoms with Gasteiger partial charge in [-0.3, -0.25) is 9.59 Å². The Morgan fingerprint density at radius 2 is 1.84 bits per heavy atom. The molecule has 196 valence electrons. The van der Waals surface area contributed by atoms with Crippen molar-refractivity contribution in [1.29, 1.82) is 0 Å². The molecule has 1 fully saturated rings. The number of benzene rings is 3. The number of ether oxygens (including phenoxy) is 3. The molecule has 0 unspecified atom stereocenters. The Morgan fingerprint density at radius 1 is 1.05 bits per heavy atom. The number of nitrogens with zero attached hydrogens (tertiary/aromatic N) is 1. The molecule has 5 rings (SSSR count). The standard InChI is InChI=1S/C31H31NO6/c1-4-37-25-13-10-21(18-26(25)36-3)28-27(29(33)22-11-12-24-23(17-22)16-19(2)38-24)30(34)31(35)32(28)15-14-20-8-6-5-7-9-20/h5-13,17-19,28,33H,4,14-16H2,1-3H3/t19-,28-/m0/s1. The van der Waals surface area contributed by atoms with Crippen molar-refractivity contribution >= 4 is 17.4 Å². The molecule has 38 heavy (non-hydrogen) atoms. The van der Waals surface area contributed by atoms with Crippen LogP contribution < -0.4 is 14.2 Å². The van der Waals surface area contributed by atoms with E-state index in [4.69, 9.17) is 14.2 Å². The maximum Gasteiger partial charge on any atom is 0.295 e. The van der Waals surface area contributed by atoms with E-state index >= 15 is 0 Å². The number of aliphatic hydroxyl groups is 1. The van der Waals surface area contributed by atoms with Crippen LogP contribution in [0.1, 0.15) is 42.1 Å². The van der Waals surface area contributed by atoms with Crippen LogP contribution >= 0.6 is 0 Å². The molecule has 2 heterocycles. The number of aliphatic hydroxyl groups excluding tert-OH is 1. The summed E-state index contributed by atoms with van der Waals surface area (Å²) in [5.41, 5.74) is 3.19. The van der Waals surface area contributed by atoms with Crippen LogP contribution in [-0.2, 0) is 22.4 Å². The maximum atomic E-state index is 13.4. The van der Waals surface area contributed by atoms with Crippen LogP contribution in [-0.4, -0.2) is 48.1 Å². The Kier molecular flexibility index (Phi) is 7.09. The Bertz CT molecular complexity index is 1400. The molecule has 0 bridgehead atoms. The Hall–Kier alpha value is -4.26. The number of amides is 1. The molecule has 2 aliphatic heterocycles. The number of carbonyl (C=O) groups excluding carboxylic acids is 2. The first-order valence-electron chi connectivity index (χ1n) is 12.8. The first-order valence-corrected chi connectivity index (χ1v) is 12.8. The third kappa shape index (κ3) is 4.72. The number of ketones is 1. The van der Waals surface area contributed by atoms with Gasteiger partial charge in [0.15, 0.2) is 11.5 Å². The van der Waals surface area contributed by atoms with Crippen LogP contribution in [0.3, 0.4) is 0 Å². The van der Waals surface area contributed by atoms with Gasteiger partial charge in [0.25, 0.3) is 11.7 Å². The quantitative estimate of drug-likeness (QED) is 0.257. The van der Waals surface area contributed by atoms with Crippen LogP contribution in [0.15, 0.2) is 72.3 Å². The second-order valence-electron chi connectivity index (χ2n) is 9.53. The summed E-state index contributed by atoms with van der Waals surface area (Å²) < 4.78 is 17.0. The van der Waals surface area contributed by atoms with E-state index in [0.29, 0.717) is 48.6 Å². The fourth-order valence-corrected chi connectivity index (χ4v) is 5.21. The minimum absolute atomic E-state index is 0.0438. The smallest absolute Gasteiger partial charge is 0.295 e. The van der Waals surface area contributed by atoms with Gasteiger partial charge < -0.3 is 24.2 Å². The zero-order valence-electron chi connectivity index (χ0n) is 21.8. The average molecular weight is 514 g/mol. The highest BCUT2D eigenvalue weighted by atomic mass is 16.5. The number of Topliss-reactive ketones (excluding diaryl/α,β-unsaturated/α-hetero) is 1. The number of rotatable bonds is 8. The summed E-state index contributed by atoms with van der Waals surface area (Å²) >= 11 is 0. The van der Waals surface area contributed by atoms with Gasteiger partial charge in [-0.1, -0.05) is 36.4 Å². The molecule has 0 spiro atoms. The van der Waals surface area contributed by atoms with Gasteiger partial charge in [-0.25, -0.2) is 0 Å². The molecule has 2 atom stereocenters. The lowest BCUT2D eigenvalue weighted by Crippen LogP contribution is -2.31. The summed E-state index contributed by atoms with van der Waals surface area (Å²) in [6, 6.07) is 19.7. The molecule has 0 saturated carbocycles. The minimum Gasteiger partial charge on any atom is -0.507 e. The summed E-state index contributed by atoms with van der Waals surface area (Å²) in [7, 11) is 1.54. The van der Waals surface area contributed by atoms with Crippen molar-refractivity contribution in [2.24, 2.45) is 0 Å². The molecule has 3 aromatic carbocycles. The lowest BCUT2D eigenvalue weighted by atomic mass is 9.94. The van der Waals surface area contributed by atoms with Gasteiger partial charge in [0.05, 0.1) is 25.3 Å². The molecule has 1 amide bonds. The maximum absolute atomic E-state index is 13.4. The fourth-order valence-electron chi connectivity index (χ4n) is 5.21. The third-order valence-corrected chi connectivity index (χ3v) is 7.00. The first kappa shape index (κ1) is 25.4. The van der Waals surface area contributed by atoms with Crippen molar-refractivity contribution in [3.8, 4) is 17.2 Å². The second-order valence-corrected chi connectivity index (χ2v) is 9.53. The highest BCUT2D eigenvalue weighted by Gasteiger charge is 2.46. The van der Waals surface area contributed by atoms with Gasteiger partial charge in [0.1, 0.15) is 17.6 Å². The Labute approximate surface area is 222 Å². The highest BCUT2D eigenvalue weighted by Crippen LogP contribution is 2.42. The number of carbonyl (C=O) groups is 2. The summed E-state index contributed by atoms with van der Waals surface area (Å²) in [5, 5.41) is 11.5. The molecule has 7 heteroatoms. The van der Waals surface area contributed by atoms with Gasteiger partial charge >= 0.3 is 0 Å². The van der Waals surface area contributed by atoms with E-state index in [1.54, 1.807) is 31.4 Å². The first-order chi connectivity index (χ1) is 18.4. The lowest BCUT2D eigenvalue weighted by Gasteiger charge is -2.26. The SMILES string of the molecule is CCOc1ccc([C@H]2C(=C(O)c3ccc4c(c3)C[C@H](C)O4)C(=O)C(=O)N2CCc2ccccc2)cc1OC. The van der Waals surface area contributed by atoms with E-state index < -0.39 is 17.7 Å². The molecular formula is C31H31NO6. The topological polar surface area (TPSA) is 85.3 Å². The zero-order chi connectivity index (χ0) is 26.8. The predicted molar refractivity (Wildman–Crippen MR) is 144 cm³/mol. The van der Waals surface area contributed by atoms with Crippen LogP contribution in [0, 0.1) is 0 Å². The summed E-state index contributed by atoms with van der Waals surface area (Å²) in [4.78, 5) is 28.3. The summed E-state index contributed by atoms with van der Waals surface area (Å²) in [5.74, 6) is 0.266. The molecular weight excluding hydrogens is 482 g/mol.